The van der Waals surface area contributed by atoms with E-state index >= 15 is 0 Å². The van der Waals surface area contributed by atoms with Gasteiger partial charge in [0.05, 0.1) is 19.7 Å². The Kier molecular flexibility index (Phi) is 12.9. The van der Waals surface area contributed by atoms with Gasteiger partial charge in [0.2, 0.25) is 0 Å². The summed E-state index contributed by atoms with van der Waals surface area (Å²) in [6.45, 7) is 12.4. The van der Waals surface area contributed by atoms with Crippen molar-refractivity contribution in [3.63, 3.8) is 0 Å². The van der Waals surface area contributed by atoms with Crippen molar-refractivity contribution in [2.75, 3.05) is 13.2 Å². The number of aliphatic imine (C=N–C) groups is 1. The zero-order valence-electron chi connectivity index (χ0n) is 19.3. The van der Waals surface area contributed by atoms with E-state index in [2.05, 4.69) is 59.5 Å². The number of ether oxygens (including phenoxy) is 1. The molecule has 2 N–H and O–H groups in total. The zero-order chi connectivity index (χ0) is 21.8. The first-order valence-corrected chi connectivity index (χ1v) is 10.8. The molecule has 172 valence electrons. The van der Waals surface area contributed by atoms with Crippen LogP contribution < -0.4 is 15.4 Å². The van der Waals surface area contributed by atoms with E-state index in [9.17, 15) is 0 Å². The molecular weight excluding hydrogens is 503 g/mol. The van der Waals surface area contributed by atoms with Crippen LogP contribution in [0.15, 0.2) is 35.8 Å². The summed E-state index contributed by atoms with van der Waals surface area (Å²) in [5, 5.41) is 14.9. The molecule has 0 aliphatic carbocycles. The number of unbranched alkanes of at least 4 members (excludes halogenated alkanes) is 3. The standard InChI is InChI=1S/C23H36N6O.HI/c1-6-8-9-10-14-30-21-15-18(3)11-12-20(21)16-25-23(24-13-7-2)26-17-22-28-27-19(4)29(22)5;/h7,11-12,15H,2,6,8-10,13-14,16-17H2,1,3-5H3,(H2,24,25,26);1H. The van der Waals surface area contributed by atoms with E-state index in [0.717, 1.165) is 36.0 Å². The highest BCUT2D eigenvalue weighted by Crippen LogP contribution is 2.22. The summed E-state index contributed by atoms with van der Waals surface area (Å²) >= 11 is 0. The molecule has 1 heterocycles. The van der Waals surface area contributed by atoms with Crippen molar-refractivity contribution >= 4 is 29.9 Å². The molecule has 0 amide bonds. The van der Waals surface area contributed by atoms with Crippen molar-refractivity contribution in [1.82, 2.24) is 25.4 Å². The number of nitrogens with one attached hydrogen (secondary N) is 2. The summed E-state index contributed by atoms with van der Waals surface area (Å²) in [5.74, 6) is 3.35. The first-order chi connectivity index (χ1) is 14.5. The van der Waals surface area contributed by atoms with Crippen LogP contribution in [0.4, 0.5) is 0 Å². The lowest BCUT2D eigenvalue weighted by atomic mass is 10.1. The third kappa shape index (κ3) is 9.28. The normalized spacial score (nSPS) is 11.0. The van der Waals surface area contributed by atoms with Gasteiger partial charge in [-0.15, -0.1) is 40.8 Å². The van der Waals surface area contributed by atoms with Crippen LogP contribution in [0.2, 0.25) is 0 Å². The fourth-order valence-electron chi connectivity index (χ4n) is 2.91. The molecular formula is C23H37IN6O. The van der Waals surface area contributed by atoms with Crippen molar-refractivity contribution in [1.29, 1.82) is 0 Å². The molecule has 7 nitrogen and oxygen atoms in total. The Bertz CT molecular complexity index is 833. The van der Waals surface area contributed by atoms with Gasteiger partial charge in [-0.25, -0.2) is 4.99 Å². The fraction of sp³-hybridized carbons (Fsp3) is 0.522. The number of nitrogens with zero attached hydrogens (tertiary/aromatic N) is 4. The van der Waals surface area contributed by atoms with E-state index in [1.165, 1.54) is 24.8 Å². The first-order valence-electron chi connectivity index (χ1n) is 10.8. The molecule has 31 heavy (non-hydrogen) atoms. The van der Waals surface area contributed by atoms with Crippen molar-refractivity contribution in [2.45, 2.75) is 59.5 Å². The third-order valence-corrected chi connectivity index (χ3v) is 4.90. The van der Waals surface area contributed by atoms with Gasteiger partial charge in [0, 0.05) is 19.2 Å². The SMILES string of the molecule is C=CCNC(=NCc1ccc(C)cc1OCCCCCC)NCc1nnc(C)n1C.I. The fourth-order valence-corrected chi connectivity index (χ4v) is 2.91. The second-order valence-corrected chi connectivity index (χ2v) is 7.43. The van der Waals surface area contributed by atoms with E-state index in [0.29, 0.717) is 25.6 Å². The number of halogens is 1. The lowest BCUT2D eigenvalue weighted by Crippen LogP contribution is -2.37. The minimum Gasteiger partial charge on any atom is -0.493 e. The minimum atomic E-state index is 0. The Morgan fingerprint density at radius 2 is 2.00 bits per heavy atom. The van der Waals surface area contributed by atoms with E-state index in [-0.39, 0.29) is 24.0 Å². The molecule has 0 aliphatic rings. The van der Waals surface area contributed by atoms with E-state index in [4.69, 9.17) is 9.73 Å². The molecule has 2 aromatic rings. The third-order valence-electron chi connectivity index (χ3n) is 4.90. The van der Waals surface area contributed by atoms with Gasteiger partial charge in [-0.1, -0.05) is 44.4 Å². The van der Waals surface area contributed by atoms with E-state index in [1.807, 2.05) is 18.5 Å². The summed E-state index contributed by atoms with van der Waals surface area (Å²) in [4.78, 5) is 4.74. The number of guanidine groups is 1. The lowest BCUT2D eigenvalue weighted by Gasteiger charge is -2.14. The Balaban J connectivity index is 0.00000480. The van der Waals surface area contributed by atoms with Gasteiger partial charge in [-0.05, 0) is 31.9 Å². The second-order valence-electron chi connectivity index (χ2n) is 7.43. The number of hydrogen-bond acceptors (Lipinski definition) is 4. The van der Waals surface area contributed by atoms with E-state index in [1.54, 1.807) is 6.08 Å². The van der Waals surface area contributed by atoms with Crippen molar-refractivity contribution in [2.24, 2.45) is 12.0 Å². The predicted molar refractivity (Wildman–Crippen MR) is 138 cm³/mol. The molecule has 0 radical (unpaired) electrons. The minimum absolute atomic E-state index is 0. The Labute approximate surface area is 203 Å². The Morgan fingerprint density at radius 3 is 2.68 bits per heavy atom. The van der Waals surface area contributed by atoms with Gasteiger partial charge in [0.15, 0.2) is 11.8 Å². The van der Waals surface area contributed by atoms with Crippen LogP contribution in [0.5, 0.6) is 5.75 Å². The number of benzene rings is 1. The molecule has 8 heteroatoms. The van der Waals surface area contributed by atoms with Crippen LogP contribution in [-0.4, -0.2) is 33.9 Å². The summed E-state index contributed by atoms with van der Waals surface area (Å²) in [6.07, 6.45) is 6.57. The summed E-state index contributed by atoms with van der Waals surface area (Å²) in [7, 11) is 1.96. The predicted octanol–water partition coefficient (Wildman–Crippen LogP) is 4.43. The van der Waals surface area contributed by atoms with Gasteiger partial charge in [0.1, 0.15) is 11.6 Å². The van der Waals surface area contributed by atoms with Crippen molar-refractivity contribution in [3.8, 4) is 5.75 Å². The molecule has 0 atom stereocenters. The van der Waals surface area contributed by atoms with Gasteiger partial charge in [-0.2, -0.15) is 0 Å². The van der Waals surface area contributed by atoms with Crippen LogP contribution in [0.3, 0.4) is 0 Å². The molecule has 0 fully saturated rings. The quantitative estimate of drug-likeness (QED) is 0.137. The van der Waals surface area contributed by atoms with Crippen molar-refractivity contribution < 1.29 is 4.74 Å². The molecule has 0 unspecified atom stereocenters. The monoisotopic (exact) mass is 540 g/mol. The zero-order valence-corrected chi connectivity index (χ0v) is 21.6. The number of aryl methyl sites for hydroxylation is 2. The maximum absolute atomic E-state index is 6.08. The number of aromatic nitrogens is 3. The van der Waals surface area contributed by atoms with Crippen LogP contribution >= 0.6 is 24.0 Å². The van der Waals surface area contributed by atoms with Gasteiger partial charge in [-0.3, -0.25) is 0 Å². The lowest BCUT2D eigenvalue weighted by molar-refractivity contribution is 0.302. The number of hydrogen-bond donors (Lipinski definition) is 2. The molecule has 0 spiro atoms. The average Bonchev–Trinajstić information content (AvgIpc) is 3.06. The largest absolute Gasteiger partial charge is 0.493 e. The molecule has 0 saturated carbocycles. The van der Waals surface area contributed by atoms with Crippen LogP contribution in [-0.2, 0) is 20.1 Å². The highest BCUT2D eigenvalue weighted by molar-refractivity contribution is 14.0. The topological polar surface area (TPSA) is 76.4 Å². The molecule has 2 rings (SSSR count). The molecule has 0 bridgehead atoms. The molecule has 0 saturated heterocycles. The van der Waals surface area contributed by atoms with Gasteiger partial charge < -0.3 is 19.9 Å². The summed E-state index contributed by atoms with van der Waals surface area (Å²) < 4.78 is 8.04. The molecule has 0 aliphatic heterocycles. The maximum atomic E-state index is 6.08. The van der Waals surface area contributed by atoms with Gasteiger partial charge >= 0.3 is 0 Å². The Morgan fingerprint density at radius 1 is 1.19 bits per heavy atom. The van der Waals surface area contributed by atoms with E-state index < -0.39 is 0 Å². The molecule has 1 aromatic heterocycles. The molecule has 1 aromatic carbocycles. The van der Waals surface area contributed by atoms with Crippen LogP contribution in [0.25, 0.3) is 0 Å². The number of rotatable bonds is 12. The highest BCUT2D eigenvalue weighted by Gasteiger charge is 2.08. The Hall–Kier alpha value is -2.10. The maximum Gasteiger partial charge on any atom is 0.192 e. The van der Waals surface area contributed by atoms with Gasteiger partial charge in [0.25, 0.3) is 0 Å². The summed E-state index contributed by atoms with van der Waals surface area (Å²) in [6, 6.07) is 6.29. The summed E-state index contributed by atoms with van der Waals surface area (Å²) in [5.41, 5.74) is 2.26. The highest BCUT2D eigenvalue weighted by atomic mass is 127. The smallest absolute Gasteiger partial charge is 0.192 e. The van der Waals surface area contributed by atoms with Crippen LogP contribution in [0.1, 0.15) is 55.4 Å². The first kappa shape index (κ1) is 26.9. The van der Waals surface area contributed by atoms with Crippen LogP contribution in [0, 0.1) is 13.8 Å². The van der Waals surface area contributed by atoms with Crippen molar-refractivity contribution in [3.05, 3.63) is 53.6 Å². The second kappa shape index (κ2) is 14.8. The average molecular weight is 540 g/mol.